The highest BCUT2D eigenvalue weighted by Crippen LogP contribution is 2.20. The van der Waals surface area contributed by atoms with E-state index in [2.05, 4.69) is 10.6 Å². The number of phenolic OH excluding ortho intramolecular Hbond substituents is 1. The Morgan fingerprint density at radius 3 is 2.12 bits per heavy atom. The minimum absolute atomic E-state index is 0.146. The third-order valence-electron chi connectivity index (χ3n) is 3.92. The molecule has 3 aromatic carbocycles. The lowest BCUT2D eigenvalue weighted by Gasteiger charge is -2.19. The topological polar surface area (TPSA) is 61.4 Å². The van der Waals surface area contributed by atoms with Gasteiger partial charge in [0.15, 0.2) is 0 Å². The van der Waals surface area contributed by atoms with Gasteiger partial charge in [-0.15, -0.1) is 0 Å². The second-order valence-corrected chi connectivity index (χ2v) is 5.71. The summed E-state index contributed by atoms with van der Waals surface area (Å²) in [7, 11) is 0. The first-order valence-corrected chi connectivity index (χ1v) is 8.15. The van der Waals surface area contributed by atoms with Gasteiger partial charge in [-0.1, -0.05) is 66.7 Å². The fourth-order valence-corrected chi connectivity index (χ4v) is 2.62. The van der Waals surface area contributed by atoms with E-state index in [0.717, 1.165) is 16.8 Å². The van der Waals surface area contributed by atoms with Gasteiger partial charge in [-0.2, -0.15) is 0 Å². The number of rotatable bonds is 6. The number of anilines is 1. The molecule has 25 heavy (non-hydrogen) atoms. The number of para-hydroxylation sites is 2. The molecule has 1 unspecified atom stereocenters. The van der Waals surface area contributed by atoms with Crippen molar-refractivity contribution >= 4 is 11.6 Å². The van der Waals surface area contributed by atoms with Crippen molar-refractivity contribution in [3.8, 4) is 5.75 Å². The Morgan fingerprint density at radius 2 is 1.44 bits per heavy atom. The summed E-state index contributed by atoms with van der Waals surface area (Å²) in [5, 5.41) is 16.1. The largest absolute Gasteiger partial charge is 0.508 e. The van der Waals surface area contributed by atoms with Crippen LogP contribution in [0.2, 0.25) is 0 Å². The number of nitrogens with one attached hydrogen (secondary N) is 2. The molecule has 0 radical (unpaired) electrons. The van der Waals surface area contributed by atoms with Crippen molar-refractivity contribution in [1.29, 1.82) is 0 Å². The molecule has 0 spiro atoms. The van der Waals surface area contributed by atoms with E-state index in [-0.39, 0.29) is 11.7 Å². The van der Waals surface area contributed by atoms with E-state index in [0.29, 0.717) is 6.54 Å². The number of carbonyl (C=O) groups is 1. The van der Waals surface area contributed by atoms with Crippen LogP contribution in [-0.4, -0.2) is 11.0 Å². The first-order chi connectivity index (χ1) is 12.2. The lowest BCUT2D eigenvalue weighted by Crippen LogP contribution is -2.32. The fraction of sp³-hybridized carbons (Fsp3) is 0.0952. The summed E-state index contributed by atoms with van der Waals surface area (Å²) in [4.78, 5) is 12.8. The lowest BCUT2D eigenvalue weighted by molar-refractivity contribution is -0.118. The summed E-state index contributed by atoms with van der Waals surface area (Å²) in [6.07, 6.45) is 0. The molecule has 0 aliphatic rings. The molecule has 0 fully saturated rings. The fourth-order valence-electron chi connectivity index (χ4n) is 2.62. The van der Waals surface area contributed by atoms with Gasteiger partial charge in [0.05, 0.1) is 0 Å². The quantitative estimate of drug-likeness (QED) is 0.642. The smallest absolute Gasteiger partial charge is 0.246 e. The van der Waals surface area contributed by atoms with Crippen LogP contribution in [0.4, 0.5) is 5.69 Å². The Labute approximate surface area is 147 Å². The molecule has 0 heterocycles. The predicted molar refractivity (Wildman–Crippen MR) is 99.2 cm³/mol. The molecular weight excluding hydrogens is 312 g/mol. The standard InChI is InChI=1S/C21H20N2O2/c24-19-14-8-7-11-17(19)15-22-20(16-9-3-1-4-10-16)21(25)23-18-12-5-2-6-13-18/h1-14,20,22,24H,15H2,(H,23,25). The van der Waals surface area contributed by atoms with Crippen LogP contribution in [0.3, 0.4) is 0 Å². The third kappa shape index (κ3) is 4.46. The van der Waals surface area contributed by atoms with Gasteiger partial charge in [-0.25, -0.2) is 0 Å². The zero-order chi connectivity index (χ0) is 17.5. The van der Waals surface area contributed by atoms with Crippen molar-refractivity contribution in [1.82, 2.24) is 5.32 Å². The van der Waals surface area contributed by atoms with E-state index in [1.165, 1.54) is 0 Å². The molecule has 0 saturated carbocycles. The number of hydrogen-bond donors (Lipinski definition) is 3. The summed E-state index contributed by atoms with van der Waals surface area (Å²) in [6, 6.07) is 25.5. The van der Waals surface area contributed by atoms with Crippen LogP contribution in [-0.2, 0) is 11.3 Å². The van der Waals surface area contributed by atoms with Crippen molar-refractivity contribution < 1.29 is 9.90 Å². The first kappa shape index (κ1) is 16.7. The highest BCUT2D eigenvalue weighted by molar-refractivity contribution is 5.95. The maximum atomic E-state index is 12.8. The molecule has 3 N–H and O–H groups in total. The van der Waals surface area contributed by atoms with Gasteiger partial charge in [-0.3, -0.25) is 10.1 Å². The Bertz CT molecular complexity index is 820. The molecule has 1 atom stereocenters. The van der Waals surface area contributed by atoms with Crippen molar-refractivity contribution in [2.75, 3.05) is 5.32 Å². The van der Waals surface area contributed by atoms with Crippen molar-refractivity contribution in [2.45, 2.75) is 12.6 Å². The molecule has 0 bridgehead atoms. The number of benzene rings is 3. The van der Waals surface area contributed by atoms with Crippen molar-refractivity contribution in [3.63, 3.8) is 0 Å². The van der Waals surface area contributed by atoms with Crippen LogP contribution < -0.4 is 10.6 Å². The maximum Gasteiger partial charge on any atom is 0.246 e. The van der Waals surface area contributed by atoms with E-state index in [9.17, 15) is 9.90 Å². The van der Waals surface area contributed by atoms with Crippen molar-refractivity contribution in [3.05, 3.63) is 96.1 Å². The van der Waals surface area contributed by atoms with Gasteiger partial charge in [-0.05, 0) is 23.8 Å². The number of hydrogen-bond acceptors (Lipinski definition) is 3. The summed E-state index contributed by atoms with van der Waals surface area (Å²) in [5.74, 6) is 0.0677. The van der Waals surface area contributed by atoms with Gasteiger partial charge in [0, 0.05) is 17.8 Å². The average Bonchev–Trinajstić information content (AvgIpc) is 2.65. The van der Waals surface area contributed by atoms with Gasteiger partial charge < -0.3 is 10.4 Å². The SMILES string of the molecule is O=C(Nc1ccccc1)C(NCc1ccccc1O)c1ccccc1. The molecule has 3 rings (SSSR count). The maximum absolute atomic E-state index is 12.8. The molecule has 0 aromatic heterocycles. The number of carbonyl (C=O) groups excluding carboxylic acids is 1. The van der Waals surface area contributed by atoms with E-state index >= 15 is 0 Å². The van der Waals surface area contributed by atoms with Crippen LogP contribution >= 0.6 is 0 Å². The zero-order valence-electron chi connectivity index (χ0n) is 13.7. The summed E-state index contributed by atoms with van der Waals surface area (Å²) in [6.45, 7) is 0.383. The molecule has 3 aromatic rings. The van der Waals surface area contributed by atoms with Crippen LogP contribution in [0.1, 0.15) is 17.2 Å². The molecule has 126 valence electrons. The average molecular weight is 332 g/mol. The van der Waals surface area contributed by atoms with Crippen molar-refractivity contribution in [2.24, 2.45) is 0 Å². The number of phenols is 1. The lowest BCUT2D eigenvalue weighted by atomic mass is 10.1. The molecule has 0 saturated heterocycles. The van der Waals surface area contributed by atoms with Crippen LogP contribution in [0.5, 0.6) is 5.75 Å². The van der Waals surface area contributed by atoms with E-state index in [4.69, 9.17) is 0 Å². The molecule has 1 amide bonds. The predicted octanol–water partition coefficient (Wildman–Crippen LogP) is 3.86. The molecular formula is C21H20N2O2. The third-order valence-corrected chi connectivity index (χ3v) is 3.92. The summed E-state index contributed by atoms with van der Waals surface area (Å²) < 4.78 is 0. The van der Waals surface area contributed by atoms with Gasteiger partial charge in [0.25, 0.3) is 0 Å². The Kier molecular flexibility index (Phi) is 5.44. The summed E-state index contributed by atoms with van der Waals surface area (Å²) in [5.41, 5.74) is 2.36. The highest BCUT2D eigenvalue weighted by atomic mass is 16.3. The van der Waals surface area contributed by atoms with Crippen LogP contribution in [0.15, 0.2) is 84.9 Å². The minimum Gasteiger partial charge on any atom is -0.508 e. The normalized spacial score (nSPS) is 11.7. The molecule has 0 aliphatic carbocycles. The van der Waals surface area contributed by atoms with Gasteiger partial charge >= 0.3 is 0 Å². The number of amides is 1. The first-order valence-electron chi connectivity index (χ1n) is 8.15. The Balaban J connectivity index is 1.78. The Hall–Kier alpha value is -3.11. The van der Waals surface area contributed by atoms with E-state index in [1.807, 2.05) is 72.8 Å². The summed E-state index contributed by atoms with van der Waals surface area (Å²) >= 11 is 0. The monoisotopic (exact) mass is 332 g/mol. The molecule has 4 heteroatoms. The highest BCUT2D eigenvalue weighted by Gasteiger charge is 2.20. The van der Waals surface area contributed by atoms with Gasteiger partial charge in [0.1, 0.15) is 11.8 Å². The second kappa shape index (κ2) is 8.13. The van der Waals surface area contributed by atoms with E-state index in [1.54, 1.807) is 12.1 Å². The second-order valence-electron chi connectivity index (χ2n) is 5.71. The minimum atomic E-state index is -0.527. The molecule has 4 nitrogen and oxygen atoms in total. The van der Waals surface area contributed by atoms with E-state index < -0.39 is 6.04 Å². The van der Waals surface area contributed by atoms with Gasteiger partial charge in [0.2, 0.25) is 5.91 Å². The molecule has 0 aliphatic heterocycles. The van der Waals surface area contributed by atoms with Crippen LogP contribution in [0, 0.1) is 0 Å². The number of aromatic hydroxyl groups is 1. The van der Waals surface area contributed by atoms with Crippen LogP contribution in [0.25, 0.3) is 0 Å². The zero-order valence-corrected chi connectivity index (χ0v) is 13.7. The Morgan fingerprint density at radius 1 is 0.840 bits per heavy atom.